The fourth-order valence-corrected chi connectivity index (χ4v) is 2.51. The Morgan fingerprint density at radius 1 is 1.33 bits per heavy atom. The lowest BCUT2D eigenvalue weighted by molar-refractivity contribution is 0.00474. The average Bonchev–Trinajstić information content (AvgIpc) is 2.32. The van der Waals surface area contributed by atoms with Crippen LogP contribution in [0.3, 0.4) is 0 Å². The molecule has 18 heavy (non-hydrogen) atoms. The minimum atomic E-state index is -0.328. The Morgan fingerprint density at radius 3 is 2.72 bits per heavy atom. The van der Waals surface area contributed by atoms with Gasteiger partial charge in [0.1, 0.15) is 11.9 Å². The van der Waals surface area contributed by atoms with Crippen molar-refractivity contribution in [1.82, 2.24) is 0 Å². The zero-order chi connectivity index (χ0) is 13.1. The average molecular weight is 250 g/mol. The van der Waals surface area contributed by atoms with Crippen molar-refractivity contribution in [2.24, 2.45) is 5.92 Å². The van der Waals surface area contributed by atoms with E-state index in [1.165, 1.54) is 24.6 Å². The highest BCUT2D eigenvalue weighted by atomic mass is 19.1. The number of carbonyl (C=O) groups excluding carboxylic acids is 1. The van der Waals surface area contributed by atoms with Crippen LogP contribution in [0.5, 0.6) is 0 Å². The van der Waals surface area contributed by atoms with Gasteiger partial charge >= 0.3 is 5.97 Å². The lowest BCUT2D eigenvalue weighted by atomic mass is 9.88. The zero-order valence-electron chi connectivity index (χ0n) is 10.9. The van der Waals surface area contributed by atoms with E-state index in [9.17, 15) is 9.18 Å². The topological polar surface area (TPSA) is 26.3 Å². The third-order valence-corrected chi connectivity index (χ3v) is 3.70. The second-order valence-corrected chi connectivity index (χ2v) is 5.16. The Labute approximate surface area is 107 Å². The van der Waals surface area contributed by atoms with Crippen LogP contribution in [-0.2, 0) is 4.74 Å². The molecule has 1 aliphatic carbocycles. The molecule has 0 aromatic heterocycles. The number of ether oxygens (including phenoxy) is 1. The van der Waals surface area contributed by atoms with E-state index in [1.807, 2.05) is 0 Å². The summed E-state index contributed by atoms with van der Waals surface area (Å²) in [6.07, 6.45) is 4.39. The van der Waals surface area contributed by atoms with Gasteiger partial charge in [-0.25, -0.2) is 9.18 Å². The van der Waals surface area contributed by atoms with Crippen LogP contribution in [0.2, 0.25) is 0 Å². The normalized spacial score (nSPS) is 23.7. The minimum Gasteiger partial charge on any atom is -0.458 e. The van der Waals surface area contributed by atoms with Gasteiger partial charge in [0.05, 0.1) is 5.56 Å². The molecule has 1 aromatic carbocycles. The van der Waals surface area contributed by atoms with Crippen LogP contribution in [0.4, 0.5) is 4.39 Å². The Morgan fingerprint density at radius 2 is 2.06 bits per heavy atom. The van der Waals surface area contributed by atoms with Gasteiger partial charge in [0.25, 0.3) is 0 Å². The first kappa shape index (κ1) is 13.1. The van der Waals surface area contributed by atoms with Gasteiger partial charge in [-0.2, -0.15) is 0 Å². The minimum absolute atomic E-state index is 0.00991. The Hall–Kier alpha value is -1.38. The highest BCUT2D eigenvalue weighted by molar-refractivity contribution is 5.91. The van der Waals surface area contributed by atoms with Gasteiger partial charge in [0.2, 0.25) is 0 Å². The van der Waals surface area contributed by atoms with Crippen molar-refractivity contribution in [1.29, 1.82) is 0 Å². The van der Waals surface area contributed by atoms with Crippen molar-refractivity contribution in [2.45, 2.75) is 45.6 Å². The molecule has 2 nitrogen and oxygen atoms in total. The van der Waals surface area contributed by atoms with Crippen LogP contribution in [0, 0.1) is 18.7 Å². The summed E-state index contributed by atoms with van der Waals surface area (Å²) in [6.45, 7) is 3.85. The summed E-state index contributed by atoms with van der Waals surface area (Å²) in [6, 6.07) is 4.16. The molecule has 0 saturated heterocycles. The number of hydrogen-bond donors (Lipinski definition) is 0. The van der Waals surface area contributed by atoms with Gasteiger partial charge in [0, 0.05) is 0 Å². The molecule has 2 rings (SSSR count). The number of esters is 1. The molecular formula is C15H19FO2. The van der Waals surface area contributed by atoms with Crippen LogP contribution < -0.4 is 0 Å². The fourth-order valence-electron chi connectivity index (χ4n) is 2.51. The molecule has 1 saturated carbocycles. The van der Waals surface area contributed by atoms with Crippen molar-refractivity contribution in [3.05, 3.63) is 35.1 Å². The van der Waals surface area contributed by atoms with Gasteiger partial charge in [-0.1, -0.05) is 13.3 Å². The molecule has 3 heteroatoms. The summed E-state index contributed by atoms with van der Waals surface area (Å²) < 4.78 is 18.5. The first-order valence-corrected chi connectivity index (χ1v) is 6.55. The van der Waals surface area contributed by atoms with Gasteiger partial charge < -0.3 is 4.74 Å². The van der Waals surface area contributed by atoms with E-state index in [-0.39, 0.29) is 17.9 Å². The molecule has 0 heterocycles. The monoisotopic (exact) mass is 250 g/mol. The maximum atomic E-state index is 13.0. The predicted octanol–water partition coefficient (Wildman–Crippen LogP) is 3.87. The molecule has 2 atom stereocenters. The van der Waals surface area contributed by atoms with Gasteiger partial charge in [-0.15, -0.1) is 0 Å². The molecule has 0 radical (unpaired) electrons. The van der Waals surface area contributed by atoms with Crippen molar-refractivity contribution in [3.8, 4) is 0 Å². The third kappa shape index (κ3) is 2.89. The van der Waals surface area contributed by atoms with E-state index in [1.54, 1.807) is 6.92 Å². The number of aryl methyl sites for hydroxylation is 1. The van der Waals surface area contributed by atoms with E-state index in [2.05, 4.69) is 6.92 Å². The molecule has 0 spiro atoms. The maximum absolute atomic E-state index is 13.0. The number of carbonyl (C=O) groups is 1. The summed E-state index contributed by atoms with van der Waals surface area (Å²) in [5, 5.41) is 0. The Balaban J connectivity index is 2.07. The number of benzene rings is 1. The molecular weight excluding hydrogens is 231 g/mol. The molecule has 0 aliphatic heterocycles. The zero-order valence-corrected chi connectivity index (χ0v) is 10.9. The molecule has 98 valence electrons. The highest BCUT2D eigenvalue weighted by Crippen LogP contribution is 2.27. The lowest BCUT2D eigenvalue weighted by Crippen LogP contribution is -2.28. The van der Waals surface area contributed by atoms with Crippen molar-refractivity contribution < 1.29 is 13.9 Å². The van der Waals surface area contributed by atoms with Crippen LogP contribution in [0.15, 0.2) is 18.2 Å². The van der Waals surface area contributed by atoms with E-state index in [0.717, 1.165) is 19.3 Å². The van der Waals surface area contributed by atoms with E-state index >= 15 is 0 Å². The molecule has 1 aromatic rings. The van der Waals surface area contributed by atoms with Crippen LogP contribution in [0.1, 0.15) is 48.5 Å². The van der Waals surface area contributed by atoms with E-state index < -0.39 is 0 Å². The number of halogens is 1. The molecule has 1 aliphatic rings. The second kappa shape index (κ2) is 5.51. The second-order valence-electron chi connectivity index (χ2n) is 5.16. The van der Waals surface area contributed by atoms with E-state index in [0.29, 0.717) is 17.0 Å². The molecule has 2 unspecified atom stereocenters. The summed E-state index contributed by atoms with van der Waals surface area (Å²) in [4.78, 5) is 12.0. The summed E-state index contributed by atoms with van der Waals surface area (Å²) >= 11 is 0. The summed E-state index contributed by atoms with van der Waals surface area (Å²) in [7, 11) is 0. The first-order valence-electron chi connectivity index (χ1n) is 6.55. The summed E-state index contributed by atoms with van der Waals surface area (Å²) in [5.74, 6) is -0.232. The first-order chi connectivity index (χ1) is 8.58. The van der Waals surface area contributed by atoms with Crippen LogP contribution in [-0.4, -0.2) is 12.1 Å². The van der Waals surface area contributed by atoms with Crippen molar-refractivity contribution in [3.63, 3.8) is 0 Å². The number of hydrogen-bond acceptors (Lipinski definition) is 2. The van der Waals surface area contributed by atoms with Crippen LogP contribution in [0.25, 0.3) is 0 Å². The fraction of sp³-hybridized carbons (Fsp3) is 0.533. The van der Waals surface area contributed by atoms with Crippen molar-refractivity contribution >= 4 is 5.97 Å². The molecule has 0 N–H and O–H groups in total. The SMILES string of the molecule is Cc1cc(F)ccc1C(=O)OC1CCCCC1C. The van der Waals surface area contributed by atoms with Gasteiger partial charge in [-0.05, 0) is 55.9 Å². The van der Waals surface area contributed by atoms with Gasteiger partial charge in [0.15, 0.2) is 0 Å². The third-order valence-electron chi connectivity index (χ3n) is 3.70. The maximum Gasteiger partial charge on any atom is 0.338 e. The van der Waals surface area contributed by atoms with Crippen molar-refractivity contribution in [2.75, 3.05) is 0 Å². The largest absolute Gasteiger partial charge is 0.458 e. The van der Waals surface area contributed by atoms with Gasteiger partial charge in [-0.3, -0.25) is 0 Å². The smallest absolute Gasteiger partial charge is 0.338 e. The number of rotatable bonds is 2. The highest BCUT2D eigenvalue weighted by Gasteiger charge is 2.25. The summed E-state index contributed by atoms with van der Waals surface area (Å²) in [5.41, 5.74) is 1.10. The quantitative estimate of drug-likeness (QED) is 0.745. The van der Waals surface area contributed by atoms with E-state index in [4.69, 9.17) is 4.74 Å². The predicted molar refractivity (Wildman–Crippen MR) is 68.0 cm³/mol. The Kier molecular flexibility index (Phi) is 4.00. The lowest BCUT2D eigenvalue weighted by Gasteiger charge is -2.28. The Bertz CT molecular complexity index is 442. The molecule has 1 fully saturated rings. The molecule has 0 bridgehead atoms. The standard InChI is InChI=1S/C15H19FO2/c1-10-5-3-4-6-14(10)18-15(17)13-8-7-12(16)9-11(13)2/h7-10,14H,3-6H2,1-2H3. The molecule has 0 amide bonds. The van der Waals surface area contributed by atoms with Crippen LogP contribution >= 0.6 is 0 Å².